The number of amides is 1. The number of rotatable bonds is 7. The van der Waals surface area contributed by atoms with Gasteiger partial charge in [0, 0.05) is 20.1 Å². The number of carbonyl (C=O) groups excluding carboxylic acids is 1. The highest BCUT2D eigenvalue weighted by atomic mass is 32.2. The summed E-state index contributed by atoms with van der Waals surface area (Å²) in [5.41, 5.74) is 0.835. The number of nitrogens with one attached hydrogen (secondary N) is 1. The molecule has 0 spiro atoms. The van der Waals surface area contributed by atoms with Crippen molar-refractivity contribution in [2.24, 2.45) is 5.92 Å². The van der Waals surface area contributed by atoms with Crippen molar-refractivity contribution in [2.45, 2.75) is 31.7 Å². The molecule has 1 amide bonds. The van der Waals surface area contributed by atoms with Gasteiger partial charge in [-0.1, -0.05) is 18.7 Å². The van der Waals surface area contributed by atoms with E-state index in [0.717, 1.165) is 9.15 Å². The first kappa shape index (κ1) is 19.1. The SMILES string of the molecule is CC(C)[C@H](C)NC(=O)COn1nnc2ccc(S(=O)(=O)N(C)C)cc21. The molecule has 138 valence electrons. The van der Waals surface area contributed by atoms with Crippen molar-refractivity contribution < 1.29 is 18.0 Å². The maximum absolute atomic E-state index is 12.2. The summed E-state index contributed by atoms with van der Waals surface area (Å²) in [6, 6.07) is 4.42. The molecule has 0 bridgehead atoms. The fourth-order valence-corrected chi connectivity index (χ4v) is 2.85. The lowest BCUT2D eigenvalue weighted by Crippen LogP contribution is -2.40. The lowest BCUT2D eigenvalue weighted by molar-refractivity contribution is -0.127. The van der Waals surface area contributed by atoms with Gasteiger partial charge in [-0.25, -0.2) is 12.7 Å². The number of benzene rings is 1. The van der Waals surface area contributed by atoms with Crippen LogP contribution in [-0.2, 0) is 14.8 Å². The number of aromatic nitrogens is 3. The fourth-order valence-electron chi connectivity index (χ4n) is 1.93. The molecule has 0 saturated carbocycles. The van der Waals surface area contributed by atoms with Gasteiger partial charge >= 0.3 is 0 Å². The number of hydrogen-bond acceptors (Lipinski definition) is 6. The van der Waals surface area contributed by atoms with Crippen LogP contribution in [0.5, 0.6) is 0 Å². The summed E-state index contributed by atoms with van der Waals surface area (Å²) < 4.78 is 25.6. The number of fused-ring (bicyclic) bond motifs is 1. The van der Waals surface area contributed by atoms with Crippen LogP contribution in [0.25, 0.3) is 11.0 Å². The van der Waals surface area contributed by atoms with E-state index in [4.69, 9.17) is 4.84 Å². The monoisotopic (exact) mass is 369 g/mol. The molecular formula is C15H23N5O4S. The summed E-state index contributed by atoms with van der Waals surface area (Å²) in [4.78, 5) is 18.4. The lowest BCUT2D eigenvalue weighted by Gasteiger charge is -2.17. The molecular weight excluding hydrogens is 346 g/mol. The maximum Gasteiger partial charge on any atom is 0.260 e. The minimum absolute atomic E-state index is 0.0143. The van der Waals surface area contributed by atoms with Crippen LogP contribution in [0.1, 0.15) is 20.8 Å². The van der Waals surface area contributed by atoms with Crippen molar-refractivity contribution >= 4 is 27.0 Å². The molecule has 1 N–H and O–H groups in total. The van der Waals surface area contributed by atoms with Gasteiger partial charge in [-0.3, -0.25) is 4.79 Å². The van der Waals surface area contributed by atoms with Gasteiger partial charge in [-0.15, -0.1) is 5.10 Å². The van der Waals surface area contributed by atoms with Crippen LogP contribution in [0, 0.1) is 5.92 Å². The number of nitrogens with zero attached hydrogens (tertiary/aromatic N) is 4. The summed E-state index contributed by atoms with van der Waals surface area (Å²) in [7, 11) is -0.690. The Hall–Kier alpha value is -2.20. The molecule has 0 saturated heterocycles. The third-order valence-electron chi connectivity index (χ3n) is 3.87. The Morgan fingerprint density at radius 1 is 1.32 bits per heavy atom. The molecule has 10 heteroatoms. The van der Waals surface area contributed by atoms with Crippen molar-refractivity contribution in [1.82, 2.24) is 24.8 Å². The van der Waals surface area contributed by atoms with Gasteiger partial charge in [0.2, 0.25) is 10.0 Å². The Labute approximate surface area is 146 Å². The zero-order chi connectivity index (χ0) is 18.8. The molecule has 1 heterocycles. The van der Waals surface area contributed by atoms with Crippen LogP contribution < -0.4 is 10.2 Å². The van der Waals surface area contributed by atoms with E-state index in [1.807, 2.05) is 20.8 Å². The first-order valence-corrected chi connectivity index (χ1v) is 9.27. The van der Waals surface area contributed by atoms with Gasteiger partial charge in [-0.05, 0) is 36.3 Å². The second-order valence-electron chi connectivity index (χ2n) is 6.27. The zero-order valence-corrected chi connectivity index (χ0v) is 15.7. The van der Waals surface area contributed by atoms with Gasteiger partial charge in [0.25, 0.3) is 5.91 Å². The minimum Gasteiger partial charge on any atom is -0.385 e. The van der Waals surface area contributed by atoms with E-state index in [2.05, 4.69) is 15.6 Å². The highest BCUT2D eigenvalue weighted by Gasteiger charge is 2.19. The van der Waals surface area contributed by atoms with Gasteiger partial charge in [0.15, 0.2) is 6.61 Å². The first-order valence-electron chi connectivity index (χ1n) is 7.83. The van der Waals surface area contributed by atoms with Crippen LogP contribution in [-0.4, -0.2) is 60.5 Å². The Balaban J connectivity index is 2.18. The topological polar surface area (TPSA) is 106 Å². The van der Waals surface area contributed by atoms with Crippen molar-refractivity contribution in [3.8, 4) is 0 Å². The van der Waals surface area contributed by atoms with E-state index in [0.29, 0.717) is 17.0 Å². The lowest BCUT2D eigenvalue weighted by atomic mass is 10.1. The third kappa shape index (κ3) is 4.26. The summed E-state index contributed by atoms with van der Waals surface area (Å²) in [6.07, 6.45) is 0. The largest absolute Gasteiger partial charge is 0.385 e. The molecule has 1 aromatic carbocycles. The standard InChI is InChI=1S/C15H23N5O4S/c1-10(2)11(3)16-15(21)9-24-20-14-8-12(25(22,23)19(4)5)6-7-13(14)17-18-20/h6-8,10-11H,9H2,1-5H3,(H,16,21)/t11-/m0/s1. The molecule has 0 unspecified atom stereocenters. The number of carbonyl (C=O) groups is 1. The molecule has 0 radical (unpaired) electrons. The van der Waals surface area contributed by atoms with Crippen LogP contribution in [0.3, 0.4) is 0 Å². The second-order valence-corrected chi connectivity index (χ2v) is 8.43. The zero-order valence-electron chi connectivity index (χ0n) is 14.9. The summed E-state index contributed by atoms with van der Waals surface area (Å²) in [6.45, 7) is 5.67. The first-order chi connectivity index (χ1) is 11.6. The maximum atomic E-state index is 12.2. The van der Waals surface area contributed by atoms with Gasteiger partial charge in [0.05, 0.1) is 4.90 Å². The molecule has 0 aliphatic carbocycles. The average molecular weight is 369 g/mol. The molecule has 0 fully saturated rings. The van der Waals surface area contributed by atoms with Crippen molar-refractivity contribution in [3.63, 3.8) is 0 Å². The highest BCUT2D eigenvalue weighted by Crippen LogP contribution is 2.18. The molecule has 0 aliphatic heterocycles. The van der Waals surface area contributed by atoms with E-state index in [9.17, 15) is 13.2 Å². The quantitative estimate of drug-likeness (QED) is 0.751. The Bertz CT molecular complexity index is 860. The van der Waals surface area contributed by atoms with Gasteiger partial charge < -0.3 is 10.2 Å². The predicted octanol–water partition coefficient (Wildman–Crippen LogP) is 0.271. The van der Waals surface area contributed by atoms with Crippen molar-refractivity contribution in [2.75, 3.05) is 20.7 Å². The van der Waals surface area contributed by atoms with Crippen molar-refractivity contribution in [1.29, 1.82) is 0 Å². The average Bonchev–Trinajstić information content (AvgIpc) is 2.94. The van der Waals surface area contributed by atoms with Crippen LogP contribution in [0.4, 0.5) is 0 Å². The van der Waals surface area contributed by atoms with E-state index < -0.39 is 10.0 Å². The van der Waals surface area contributed by atoms with E-state index >= 15 is 0 Å². The van der Waals surface area contributed by atoms with Gasteiger partial charge in [-0.2, -0.15) is 0 Å². The van der Waals surface area contributed by atoms with E-state index in [1.165, 1.54) is 26.2 Å². The normalized spacial score (nSPS) is 13.4. The van der Waals surface area contributed by atoms with Crippen LogP contribution >= 0.6 is 0 Å². The minimum atomic E-state index is -3.59. The van der Waals surface area contributed by atoms with E-state index in [-0.39, 0.29) is 23.5 Å². The summed E-state index contributed by atoms with van der Waals surface area (Å²) in [5, 5.41) is 10.5. The molecule has 2 rings (SSSR count). The molecule has 9 nitrogen and oxygen atoms in total. The third-order valence-corrected chi connectivity index (χ3v) is 5.68. The fraction of sp³-hybridized carbons (Fsp3) is 0.533. The van der Waals surface area contributed by atoms with Crippen LogP contribution in [0.15, 0.2) is 23.1 Å². The van der Waals surface area contributed by atoms with Crippen LogP contribution in [0.2, 0.25) is 0 Å². The Kier molecular flexibility index (Phi) is 5.63. The molecule has 0 aliphatic rings. The number of sulfonamides is 1. The van der Waals surface area contributed by atoms with E-state index in [1.54, 1.807) is 6.07 Å². The smallest absolute Gasteiger partial charge is 0.260 e. The van der Waals surface area contributed by atoms with Crippen molar-refractivity contribution in [3.05, 3.63) is 18.2 Å². The summed E-state index contributed by atoms with van der Waals surface area (Å²) in [5.74, 6) is 0.0110. The highest BCUT2D eigenvalue weighted by molar-refractivity contribution is 7.89. The molecule has 1 atom stereocenters. The second kappa shape index (κ2) is 7.36. The Morgan fingerprint density at radius 2 is 2.00 bits per heavy atom. The summed E-state index contributed by atoms with van der Waals surface area (Å²) >= 11 is 0. The molecule has 1 aromatic heterocycles. The number of hydrogen-bond donors (Lipinski definition) is 1. The van der Waals surface area contributed by atoms with Gasteiger partial charge in [0.1, 0.15) is 11.0 Å². The molecule has 2 aromatic rings. The predicted molar refractivity (Wildman–Crippen MR) is 92.3 cm³/mol. The molecule has 25 heavy (non-hydrogen) atoms. The Morgan fingerprint density at radius 3 is 2.60 bits per heavy atom.